The van der Waals surface area contributed by atoms with E-state index in [4.69, 9.17) is 5.11 Å². The maximum Gasteiger partial charge on any atom is 0.354 e. The minimum absolute atomic E-state index is 0.271. The number of hydrogen-bond donors (Lipinski definition) is 1. The number of hydrogen-bond acceptors (Lipinski definition) is 2. The first-order valence-electron chi connectivity index (χ1n) is 5.60. The molecule has 0 spiro atoms. The number of aromatic nitrogens is 2. The van der Waals surface area contributed by atoms with Gasteiger partial charge in [0.2, 0.25) is 0 Å². The fraction of sp³-hybridized carbons (Fsp3) is 0.500. The van der Waals surface area contributed by atoms with Crippen LogP contribution in [0.15, 0.2) is 18.7 Å². The summed E-state index contributed by atoms with van der Waals surface area (Å²) in [5, 5.41) is 13.3. The van der Waals surface area contributed by atoms with Gasteiger partial charge in [0, 0.05) is 13.0 Å². The molecule has 1 aromatic rings. The van der Waals surface area contributed by atoms with Crippen molar-refractivity contribution in [2.75, 3.05) is 0 Å². The average molecular weight is 222 g/mol. The molecule has 1 N–H and O–H groups in total. The molecule has 1 aromatic heterocycles. The number of nitrogens with zero attached hydrogens (tertiary/aromatic N) is 2. The first-order chi connectivity index (χ1) is 7.69. The van der Waals surface area contributed by atoms with Crippen molar-refractivity contribution in [2.45, 2.75) is 39.2 Å². The Morgan fingerprint density at radius 2 is 2.38 bits per heavy atom. The third-order valence-corrected chi connectivity index (χ3v) is 2.38. The summed E-state index contributed by atoms with van der Waals surface area (Å²) in [6.45, 7) is 6.41. The molecule has 1 heterocycles. The van der Waals surface area contributed by atoms with Crippen LogP contribution in [0.2, 0.25) is 0 Å². The van der Waals surface area contributed by atoms with E-state index in [1.807, 2.05) is 0 Å². The van der Waals surface area contributed by atoms with Gasteiger partial charge in [-0.3, -0.25) is 4.68 Å². The van der Waals surface area contributed by atoms with E-state index in [0.717, 1.165) is 25.0 Å². The maximum atomic E-state index is 11.0. The van der Waals surface area contributed by atoms with Crippen molar-refractivity contribution in [1.29, 1.82) is 0 Å². The van der Waals surface area contributed by atoms with Gasteiger partial charge in [-0.15, -0.1) is 6.58 Å². The lowest BCUT2D eigenvalue weighted by atomic mass is 10.2. The Balaban J connectivity index is 2.78. The molecule has 0 aliphatic heterocycles. The van der Waals surface area contributed by atoms with Crippen LogP contribution < -0.4 is 0 Å². The zero-order chi connectivity index (χ0) is 12.0. The summed E-state index contributed by atoms with van der Waals surface area (Å²) in [5.41, 5.74) is 1.04. The predicted octanol–water partition coefficient (Wildman–Crippen LogP) is 2.50. The van der Waals surface area contributed by atoms with Crippen LogP contribution in [-0.4, -0.2) is 20.9 Å². The predicted molar refractivity (Wildman–Crippen MR) is 62.6 cm³/mol. The van der Waals surface area contributed by atoms with Gasteiger partial charge in [0.15, 0.2) is 0 Å². The number of carboxylic acids is 1. The van der Waals surface area contributed by atoms with Gasteiger partial charge in [0.25, 0.3) is 0 Å². The van der Waals surface area contributed by atoms with Crippen molar-refractivity contribution in [3.63, 3.8) is 0 Å². The first-order valence-corrected chi connectivity index (χ1v) is 5.60. The molecule has 0 fully saturated rings. The fourth-order valence-electron chi connectivity index (χ4n) is 1.57. The molecule has 4 heteroatoms. The maximum absolute atomic E-state index is 11.0. The van der Waals surface area contributed by atoms with Gasteiger partial charge in [-0.05, 0) is 12.5 Å². The van der Waals surface area contributed by atoms with Crippen molar-refractivity contribution in [1.82, 2.24) is 9.78 Å². The first kappa shape index (κ1) is 12.5. The zero-order valence-electron chi connectivity index (χ0n) is 9.65. The van der Waals surface area contributed by atoms with Crippen molar-refractivity contribution in [3.8, 4) is 0 Å². The number of rotatable bonds is 7. The Kier molecular flexibility index (Phi) is 4.76. The lowest BCUT2D eigenvalue weighted by molar-refractivity contribution is 0.0683. The van der Waals surface area contributed by atoms with E-state index in [-0.39, 0.29) is 5.69 Å². The van der Waals surface area contributed by atoms with Crippen molar-refractivity contribution in [2.24, 2.45) is 0 Å². The minimum atomic E-state index is -0.917. The summed E-state index contributed by atoms with van der Waals surface area (Å²) in [6, 6.07) is 1.62. The molecule has 0 unspecified atom stereocenters. The molecule has 1 rings (SSSR count). The minimum Gasteiger partial charge on any atom is -0.477 e. The number of carboxylic acid groups (broad SMARTS) is 1. The molecule has 0 aliphatic rings. The Morgan fingerprint density at radius 1 is 1.62 bits per heavy atom. The third-order valence-electron chi connectivity index (χ3n) is 2.38. The summed E-state index contributed by atoms with van der Waals surface area (Å²) in [5.74, 6) is -0.917. The Bertz CT molecular complexity index is 369. The highest BCUT2D eigenvalue weighted by atomic mass is 16.4. The van der Waals surface area contributed by atoms with Crippen LogP contribution in [0.25, 0.3) is 0 Å². The van der Waals surface area contributed by atoms with Crippen molar-refractivity contribution in [3.05, 3.63) is 30.1 Å². The lowest BCUT2D eigenvalue weighted by Gasteiger charge is -2.02. The van der Waals surface area contributed by atoms with Gasteiger partial charge < -0.3 is 5.11 Å². The molecule has 0 bridgehead atoms. The molecule has 0 amide bonds. The second-order valence-corrected chi connectivity index (χ2v) is 3.75. The molecule has 88 valence electrons. The number of unbranched alkanes of at least 4 members (excludes halogenated alkanes) is 2. The molecule has 0 aromatic carbocycles. The van der Waals surface area contributed by atoms with E-state index in [9.17, 15) is 4.79 Å². The van der Waals surface area contributed by atoms with E-state index < -0.39 is 5.97 Å². The number of aromatic carboxylic acids is 1. The highest BCUT2D eigenvalue weighted by Crippen LogP contribution is 2.08. The molecule has 0 atom stereocenters. The zero-order valence-corrected chi connectivity index (χ0v) is 9.65. The molecule has 16 heavy (non-hydrogen) atoms. The van der Waals surface area contributed by atoms with Gasteiger partial charge in [-0.1, -0.05) is 25.8 Å². The summed E-state index contributed by atoms with van der Waals surface area (Å²) in [7, 11) is 0. The highest BCUT2D eigenvalue weighted by molar-refractivity contribution is 5.85. The van der Waals surface area contributed by atoms with Crippen LogP contribution in [-0.2, 0) is 13.0 Å². The van der Waals surface area contributed by atoms with E-state index in [2.05, 4.69) is 18.6 Å². The van der Waals surface area contributed by atoms with Gasteiger partial charge in [0.05, 0.1) is 5.69 Å². The molecule has 0 saturated heterocycles. The van der Waals surface area contributed by atoms with E-state index in [0.29, 0.717) is 13.0 Å². The van der Waals surface area contributed by atoms with Gasteiger partial charge >= 0.3 is 5.97 Å². The number of allylic oxidation sites excluding steroid dienone is 1. The normalized spacial score (nSPS) is 10.3. The molecular weight excluding hydrogens is 204 g/mol. The van der Waals surface area contributed by atoms with E-state index >= 15 is 0 Å². The Labute approximate surface area is 95.6 Å². The standard InChI is InChI=1S/C12H18N2O2/c1-3-5-6-8-14-11(12(15)16)9-10(13-14)7-4-2/h4,9H,2-3,5-8H2,1H3,(H,15,16). The number of aryl methyl sites for hydroxylation is 1. The molecule has 0 saturated carbocycles. The quantitative estimate of drug-likeness (QED) is 0.569. The lowest BCUT2D eigenvalue weighted by Crippen LogP contribution is -2.10. The van der Waals surface area contributed by atoms with Crippen LogP contribution in [0, 0.1) is 0 Å². The highest BCUT2D eigenvalue weighted by Gasteiger charge is 2.12. The smallest absolute Gasteiger partial charge is 0.354 e. The van der Waals surface area contributed by atoms with Crippen LogP contribution >= 0.6 is 0 Å². The molecule has 4 nitrogen and oxygen atoms in total. The molecule has 0 radical (unpaired) electrons. The van der Waals surface area contributed by atoms with Crippen LogP contribution in [0.5, 0.6) is 0 Å². The third kappa shape index (κ3) is 3.22. The Morgan fingerprint density at radius 3 is 2.94 bits per heavy atom. The van der Waals surface area contributed by atoms with Gasteiger partial charge in [-0.2, -0.15) is 5.10 Å². The van der Waals surface area contributed by atoms with Crippen LogP contribution in [0.3, 0.4) is 0 Å². The van der Waals surface area contributed by atoms with E-state index in [1.54, 1.807) is 16.8 Å². The Hall–Kier alpha value is -1.58. The van der Waals surface area contributed by atoms with Crippen LogP contribution in [0.1, 0.15) is 42.4 Å². The molecule has 0 aliphatic carbocycles. The number of carbonyl (C=O) groups is 1. The van der Waals surface area contributed by atoms with Crippen molar-refractivity contribution < 1.29 is 9.90 Å². The van der Waals surface area contributed by atoms with E-state index in [1.165, 1.54) is 0 Å². The fourth-order valence-corrected chi connectivity index (χ4v) is 1.57. The SMILES string of the molecule is C=CCc1cc(C(=O)O)n(CCCCC)n1. The largest absolute Gasteiger partial charge is 0.477 e. The second-order valence-electron chi connectivity index (χ2n) is 3.75. The summed E-state index contributed by atoms with van der Waals surface area (Å²) >= 11 is 0. The second kappa shape index (κ2) is 6.10. The summed E-state index contributed by atoms with van der Waals surface area (Å²) < 4.78 is 1.58. The summed E-state index contributed by atoms with van der Waals surface area (Å²) in [4.78, 5) is 11.0. The van der Waals surface area contributed by atoms with Crippen LogP contribution in [0.4, 0.5) is 0 Å². The topological polar surface area (TPSA) is 55.1 Å². The molecular formula is C12H18N2O2. The van der Waals surface area contributed by atoms with Gasteiger partial charge in [-0.25, -0.2) is 4.79 Å². The summed E-state index contributed by atoms with van der Waals surface area (Å²) in [6.07, 6.45) is 5.51. The van der Waals surface area contributed by atoms with Gasteiger partial charge in [0.1, 0.15) is 5.69 Å². The monoisotopic (exact) mass is 222 g/mol. The average Bonchev–Trinajstić information content (AvgIpc) is 2.62. The van der Waals surface area contributed by atoms with Crippen molar-refractivity contribution >= 4 is 5.97 Å².